The maximum atomic E-state index is 12.9. The SMILES string of the molecule is Cc1ccccc1-n1cnnc1S[C@@H](C)C(=O)c1ccc(C(C)(C)C)cc1. The number of aryl methyl sites for hydroxylation is 1. The summed E-state index contributed by atoms with van der Waals surface area (Å²) in [6.45, 7) is 10.5. The second-order valence-corrected chi connectivity index (χ2v) is 9.03. The van der Waals surface area contributed by atoms with Crippen LogP contribution >= 0.6 is 11.8 Å². The number of rotatable bonds is 5. The van der Waals surface area contributed by atoms with Gasteiger partial charge in [-0.3, -0.25) is 9.36 Å². The van der Waals surface area contributed by atoms with Crippen molar-refractivity contribution in [2.45, 2.75) is 50.4 Å². The lowest BCUT2D eigenvalue weighted by molar-refractivity contribution is 0.0994. The summed E-state index contributed by atoms with van der Waals surface area (Å²) in [4.78, 5) is 12.9. The minimum Gasteiger partial charge on any atom is -0.293 e. The number of para-hydroxylation sites is 1. The van der Waals surface area contributed by atoms with E-state index in [4.69, 9.17) is 0 Å². The average Bonchev–Trinajstić information content (AvgIpc) is 3.08. The van der Waals surface area contributed by atoms with Gasteiger partial charge in [-0.05, 0) is 36.5 Å². The van der Waals surface area contributed by atoms with Crippen LogP contribution in [0.2, 0.25) is 0 Å². The van der Waals surface area contributed by atoms with Crippen LogP contribution in [-0.4, -0.2) is 25.8 Å². The molecule has 1 atom stereocenters. The van der Waals surface area contributed by atoms with Gasteiger partial charge in [-0.1, -0.05) is 75.0 Å². The molecule has 0 aliphatic rings. The Labute approximate surface area is 165 Å². The summed E-state index contributed by atoms with van der Waals surface area (Å²) < 4.78 is 1.94. The van der Waals surface area contributed by atoms with Crippen molar-refractivity contribution in [3.63, 3.8) is 0 Å². The number of carbonyl (C=O) groups is 1. The molecule has 2 aromatic carbocycles. The molecule has 0 amide bonds. The molecule has 0 radical (unpaired) electrons. The highest BCUT2D eigenvalue weighted by molar-refractivity contribution is 8.00. The zero-order valence-electron chi connectivity index (χ0n) is 16.4. The fourth-order valence-corrected chi connectivity index (χ4v) is 3.80. The highest BCUT2D eigenvalue weighted by atomic mass is 32.2. The first-order valence-corrected chi connectivity index (χ1v) is 9.93. The van der Waals surface area contributed by atoms with Crippen LogP contribution < -0.4 is 0 Å². The first-order valence-electron chi connectivity index (χ1n) is 9.05. The van der Waals surface area contributed by atoms with Crippen LogP contribution in [0, 0.1) is 6.92 Å². The Morgan fingerprint density at radius 3 is 2.37 bits per heavy atom. The molecular formula is C22H25N3OS. The summed E-state index contributed by atoms with van der Waals surface area (Å²) in [6.07, 6.45) is 1.69. The number of benzene rings is 2. The third-order valence-electron chi connectivity index (χ3n) is 4.58. The van der Waals surface area contributed by atoms with Gasteiger partial charge in [0.25, 0.3) is 0 Å². The number of aromatic nitrogens is 3. The second kappa shape index (κ2) is 7.69. The number of hydrogen-bond acceptors (Lipinski definition) is 4. The van der Waals surface area contributed by atoms with E-state index in [0.717, 1.165) is 22.0 Å². The first-order chi connectivity index (χ1) is 12.8. The highest BCUT2D eigenvalue weighted by Gasteiger charge is 2.21. The predicted molar refractivity (Wildman–Crippen MR) is 111 cm³/mol. The quantitative estimate of drug-likeness (QED) is 0.449. The number of Topliss-reactive ketones (excluding diaryl/α,β-unsaturated/α-hetero) is 1. The largest absolute Gasteiger partial charge is 0.293 e. The summed E-state index contributed by atoms with van der Waals surface area (Å²) in [5.74, 6) is 0.0970. The summed E-state index contributed by atoms with van der Waals surface area (Å²) >= 11 is 1.43. The second-order valence-electron chi connectivity index (χ2n) is 7.72. The number of carbonyl (C=O) groups excluding carboxylic acids is 1. The Morgan fingerprint density at radius 1 is 1.07 bits per heavy atom. The third kappa shape index (κ3) is 4.30. The Hall–Kier alpha value is -2.40. The van der Waals surface area contributed by atoms with Gasteiger partial charge >= 0.3 is 0 Å². The van der Waals surface area contributed by atoms with E-state index in [-0.39, 0.29) is 16.4 Å². The number of ketones is 1. The molecule has 0 aliphatic carbocycles. The van der Waals surface area contributed by atoms with Gasteiger partial charge in [-0.15, -0.1) is 10.2 Å². The topological polar surface area (TPSA) is 47.8 Å². The highest BCUT2D eigenvalue weighted by Crippen LogP contribution is 2.28. The van der Waals surface area contributed by atoms with Crippen LogP contribution in [0.1, 0.15) is 49.2 Å². The van der Waals surface area contributed by atoms with E-state index in [1.807, 2.05) is 54.0 Å². The fraction of sp³-hybridized carbons (Fsp3) is 0.318. The molecule has 5 heteroatoms. The molecule has 0 spiro atoms. The molecule has 3 rings (SSSR count). The molecule has 0 bridgehead atoms. The Morgan fingerprint density at radius 2 is 1.74 bits per heavy atom. The molecule has 1 aromatic heterocycles. The maximum absolute atomic E-state index is 12.9. The Kier molecular flexibility index (Phi) is 5.51. The molecule has 4 nitrogen and oxygen atoms in total. The first kappa shape index (κ1) is 19.4. The lowest BCUT2D eigenvalue weighted by Crippen LogP contribution is -2.16. The van der Waals surface area contributed by atoms with Crippen molar-refractivity contribution in [2.24, 2.45) is 0 Å². The summed E-state index contributed by atoms with van der Waals surface area (Å²) in [5, 5.41) is 8.73. The molecule has 1 heterocycles. The molecule has 0 N–H and O–H groups in total. The monoisotopic (exact) mass is 379 g/mol. The van der Waals surface area contributed by atoms with Gasteiger partial charge in [-0.2, -0.15) is 0 Å². The van der Waals surface area contributed by atoms with Crippen molar-refractivity contribution in [3.05, 3.63) is 71.5 Å². The van der Waals surface area contributed by atoms with E-state index in [1.165, 1.54) is 17.3 Å². The molecule has 140 valence electrons. The third-order valence-corrected chi connectivity index (χ3v) is 5.64. The van der Waals surface area contributed by atoms with E-state index in [9.17, 15) is 4.79 Å². The van der Waals surface area contributed by atoms with Crippen molar-refractivity contribution in [1.29, 1.82) is 0 Å². The average molecular weight is 380 g/mol. The van der Waals surface area contributed by atoms with Gasteiger partial charge in [0, 0.05) is 5.56 Å². The van der Waals surface area contributed by atoms with Gasteiger partial charge in [0.05, 0.1) is 10.9 Å². The molecule has 27 heavy (non-hydrogen) atoms. The van der Waals surface area contributed by atoms with E-state index in [1.54, 1.807) is 6.33 Å². The van der Waals surface area contributed by atoms with Crippen molar-refractivity contribution >= 4 is 17.5 Å². The van der Waals surface area contributed by atoms with Gasteiger partial charge in [0.15, 0.2) is 10.9 Å². The zero-order valence-corrected chi connectivity index (χ0v) is 17.2. The van der Waals surface area contributed by atoms with Gasteiger partial charge in [0.2, 0.25) is 0 Å². The van der Waals surface area contributed by atoms with Crippen LogP contribution in [0.4, 0.5) is 0 Å². The maximum Gasteiger partial charge on any atom is 0.196 e. The zero-order chi connectivity index (χ0) is 19.6. The van der Waals surface area contributed by atoms with E-state index in [2.05, 4.69) is 44.0 Å². The van der Waals surface area contributed by atoms with Crippen LogP contribution in [0.15, 0.2) is 60.0 Å². The van der Waals surface area contributed by atoms with Crippen molar-refractivity contribution < 1.29 is 4.79 Å². The standard InChI is InChI=1S/C22H25N3OS/c1-15-8-6-7-9-19(15)25-14-23-24-21(25)27-16(2)20(26)17-10-12-18(13-11-17)22(3,4)5/h6-14,16H,1-5H3/t16-/m0/s1. The van der Waals surface area contributed by atoms with Crippen molar-refractivity contribution in [1.82, 2.24) is 14.8 Å². The van der Waals surface area contributed by atoms with E-state index in [0.29, 0.717) is 0 Å². The van der Waals surface area contributed by atoms with E-state index >= 15 is 0 Å². The Bertz CT molecular complexity index is 939. The Balaban J connectivity index is 1.78. The molecule has 0 saturated carbocycles. The lowest BCUT2D eigenvalue weighted by Gasteiger charge is -2.19. The number of nitrogens with zero attached hydrogens (tertiary/aromatic N) is 3. The van der Waals surface area contributed by atoms with Gasteiger partial charge in [0.1, 0.15) is 6.33 Å². The summed E-state index contributed by atoms with van der Waals surface area (Å²) in [7, 11) is 0. The molecule has 3 aromatic rings. The summed E-state index contributed by atoms with van der Waals surface area (Å²) in [5.41, 5.74) is 4.19. The van der Waals surface area contributed by atoms with Gasteiger partial charge in [-0.25, -0.2) is 0 Å². The van der Waals surface area contributed by atoms with Crippen LogP contribution in [0.5, 0.6) is 0 Å². The number of thioether (sulfide) groups is 1. The number of hydrogen-bond donors (Lipinski definition) is 0. The predicted octanol–water partition coefficient (Wildman–Crippen LogP) is 5.24. The van der Waals surface area contributed by atoms with Crippen molar-refractivity contribution in [3.8, 4) is 5.69 Å². The molecule has 0 fully saturated rings. The molecule has 0 unspecified atom stereocenters. The van der Waals surface area contributed by atoms with Crippen LogP contribution in [-0.2, 0) is 5.41 Å². The molecule has 0 saturated heterocycles. The van der Waals surface area contributed by atoms with E-state index < -0.39 is 0 Å². The fourth-order valence-electron chi connectivity index (χ4n) is 2.88. The smallest absolute Gasteiger partial charge is 0.196 e. The minimum absolute atomic E-state index is 0.0753. The molecular weight excluding hydrogens is 354 g/mol. The van der Waals surface area contributed by atoms with Gasteiger partial charge < -0.3 is 0 Å². The minimum atomic E-state index is -0.252. The summed E-state index contributed by atoms with van der Waals surface area (Å²) in [6, 6.07) is 16.0. The van der Waals surface area contributed by atoms with Crippen LogP contribution in [0.3, 0.4) is 0 Å². The van der Waals surface area contributed by atoms with Crippen molar-refractivity contribution in [2.75, 3.05) is 0 Å². The normalized spacial score (nSPS) is 12.8. The lowest BCUT2D eigenvalue weighted by atomic mass is 9.86. The molecule has 0 aliphatic heterocycles. The van der Waals surface area contributed by atoms with Crippen LogP contribution in [0.25, 0.3) is 5.69 Å².